The minimum Gasteiger partial charge on any atom is -0.478 e. The normalized spacial score (nSPS) is 10.8. The van der Waals surface area contributed by atoms with Gasteiger partial charge in [-0.15, -0.1) is 0 Å². The summed E-state index contributed by atoms with van der Waals surface area (Å²) >= 11 is 0. The molecule has 1 amide bonds. The van der Waals surface area contributed by atoms with Crippen molar-refractivity contribution in [1.82, 2.24) is 0 Å². The van der Waals surface area contributed by atoms with E-state index >= 15 is 0 Å². The molecule has 5 heteroatoms. The number of hydrogen-bond acceptors (Lipinski definition) is 3. The largest absolute Gasteiger partial charge is 0.478 e. The van der Waals surface area contributed by atoms with Crippen molar-refractivity contribution in [3.8, 4) is 6.07 Å². The quantitative estimate of drug-likeness (QED) is 0.666. The Kier molecular flexibility index (Phi) is 5.13. The smallest absolute Gasteiger partial charge is 0.335 e. The number of hydrogen-bond donors (Lipinski definition) is 2. The van der Waals surface area contributed by atoms with Gasteiger partial charge in [0.25, 0.3) is 5.91 Å². The van der Waals surface area contributed by atoms with E-state index in [2.05, 4.69) is 5.32 Å². The molecule has 2 aromatic rings. The molecular weight excluding hydrogens is 304 g/mol. The van der Waals surface area contributed by atoms with Crippen molar-refractivity contribution in [3.63, 3.8) is 0 Å². The zero-order valence-electron chi connectivity index (χ0n) is 13.3. The summed E-state index contributed by atoms with van der Waals surface area (Å²) in [5, 5.41) is 20.8. The van der Waals surface area contributed by atoms with Gasteiger partial charge in [-0.05, 0) is 54.8 Å². The molecule has 0 saturated heterocycles. The monoisotopic (exact) mass is 320 g/mol. The van der Waals surface area contributed by atoms with E-state index in [-0.39, 0.29) is 11.1 Å². The standard InChI is InChI=1S/C19H16N2O3/c1-12-3-4-13(2)17(9-12)21-18(22)16(11-20)10-14-5-7-15(8-6-14)19(23)24/h3-10H,1-2H3,(H,21,22)(H,23,24). The van der Waals surface area contributed by atoms with Crippen molar-refractivity contribution in [2.24, 2.45) is 0 Å². The fourth-order valence-electron chi connectivity index (χ4n) is 2.10. The number of benzene rings is 2. The molecule has 0 aliphatic heterocycles. The van der Waals surface area contributed by atoms with Gasteiger partial charge < -0.3 is 10.4 Å². The molecule has 0 aliphatic rings. The lowest BCUT2D eigenvalue weighted by Gasteiger charge is -2.08. The first-order valence-corrected chi connectivity index (χ1v) is 7.24. The number of aryl methyl sites for hydroxylation is 2. The van der Waals surface area contributed by atoms with Crippen LogP contribution in [0.2, 0.25) is 0 Å². The van der Waals surface area contributed by atoms with Crippen molar-refractivity contribution in [3.05, 3.63) is 70.3 Å². The second kappa shape index (κ2) is 7.25. The van der Waals surface area contributed by atoms with Crippen molar-refractivity contribution in [2.75, 3.05) is 5.32 Å². The Labute approximate surface area is 139 Å². The number of carbonyl (C=O) groups is 2. The molecule has 24 heavy (non-hydrogen) atoms. The minimum absolute atomic E-state index is 0.0565. The van der Waals surface area contributed by atoms with Gasteiger partial charge in [0, 0.05) is 5.69 Å². The molecule has 0 aromatic heterocycles. The molecule has 0 saturated carbocycles. The third kappa shape index (κ3) is 4.08. The van der Waals surface area contributed by atoms with E-state index in [4.69, 9.17) is 5.11 Å². The summed E-state index contributed by atoms with van der Waals surface area (Å²) < 4.78 is 0. The van der Waals surface area contributed by atoms with Gasteiger partial charge in [-0.2, -0.15) is 5.26 Å². The van der Waals surface area contributed by atoms with Crippen LogP contribution in [0, 0.1) is 25.2 Å². The number of anilines is 1. The summed E-state index contributed by atoms with van der Waals surface area (Å²) in [5.41, 5.74) is 3.22. The molecule has 0 aliphatic carbocycles. The number of aromatic carboxylic acids is 1. The number of carboxylic acids is 1. The highest BCUT2D eigenvalue weighted by Gasteiger charge is 2.11. The van der Waals surface area contributed by atoms with Crippen LogP contribution in [0.15, 0.2) is 48.0 Å². The molecule has 2 aromatic carbocycles. The van der Waals surface area contributed by atoms with Crippen LogP contribution in [0.3, 0.4) is 0 Å². The predicted molar refractivity (Wildman–Crippen MR) is 91.5 cm³/mol. The molecule has 0 atom stereocenters. The zero-order valence-corrected chi connectivity index (χ0v) is 13.3. The molecule has 2 N–H and O–H groups in total. The third-order valence-electron chi connectivity index (χ3n) is 3.47. The molecule has 2 rings (SSSR count). The predicted octanol–water partition coefficient (Wildman–Crippen LogP) is 3.55. The van der Waals surface area contributed by atoms with Crippen LogP contribution in [-0.4, -0.2) is 17.0 Å². The number of nitrogens with zero attached hydrogens (tertiary/aromatic N) is 1. The van der Waals surface area contributed by atoms with Crippen LogP contribution in [0.5, 0.6) is 0 Å². The van der Waals surface area contributed by atoms with E-state index in [9.17, 15) is 14.9 Å². The number of amides is 1. The van der Waals surface area contributed by atoms with Gasteiger partial charge in [0.05, 0.1) is 5.56 Å². The topological polar surface area (TPSA) is 90.2 Å². The van der Waals surface area contributed by atoms with Crippen molar-refractivity contribution >= 4 is 23.6 Å². The van der Waals surface area contributed by atoms with Crippen molar-refractivity contribution in [2.45, 2.75) is 13.8 Å². The number of nitriles is 1. The van der Waals surface area contributed by atoms with Crippen LogP contribution >= 0.6 is 0 Å². The maximum absolute atomic E-state index is 12.3. The number of rotatable bonds is 4. The molecular formula is C19H16N2O3. The average Bonchev–Trinajstić information content (AvgIpc) is 2.56. The van der Waals surface area contributed by atoms with Gasteiger partial charge in [-0.25, -0.2) is 4.79 Å². The van der Waals surface area contributed by atoms with Gasteiger partial charge in [0.15, 0.2) is 0 Å². The fourth-order valence-corrected chi connectivity index (χ4v) is 2.10. The lowest BCUT2D eigenvalue weighted by atomic mass is 10.1. The Hall–Kier alpha value is -3.39. The molecule has 0 heterocycles. The van der Waals surface area contributed by atoms with Gasteiger partial charge >= 0.3 is 5.97 Å². The van der Waals surface area contributed by atoms with Gasteiger partial charge in [-0.3, -0.25) is 4.79 Å². The Balaban J connectivity index is 2.24. The van der Waals surface area contributed by atoms with Crippen LogP contribution in [0.1, 0.15) is 27.0 Å². The van der Waals surface area contributed by atoms with Crippen molar-refractivity contribution in [1.29, 1.82) is 5.26 Å². The maximum atomic E-state index is 12.3. The van der Waals surface area contributed by atoms with Crippen LogP contribution in [0.4, 0.5) is 5.69 Å². The molecule has 0 spiro atoms. The van der Waals surface area contributed by atoms with Gasteiger partial charge in [-0.1, -0.05) is 24.3 Å². The molecule has 0 bridgehead atoms. The molecule has 0 radical (unpaired) electrons. The maximum Gasteiger partial charge on any atom is 0.335 e. The highest BCUT2D eigenvalue weighted by molar-refractivity contribution is 6.10. The van der Waals surface area contributed by atoms with Crippen LogP contribution in [0.25, 0.3) is 6.08 Å². The number of nitrogens with one attached hydrogen (secondary N) is 1. The summed E-state index contributed by atoms with van der Waals surface area (Å²) in [4.78, 5) is 23.1. The summed E-state index contributed by atoms with van der Waals surface area (Å²) in [7, 11) is 0. The summed E-state index contributed by atoms with van der Waals surface area (Å²) in [6.07, 6.45) is 1.42. The highest BCUT2D eigenvalue weighted by Crippen LogP contribution is 2.18. The second-order valence-electron chi connectivity index (χ2n) is 5.37. The van der Waals surface area contributed by atoms with Gasteiger partial charge in [0.2, 0.25) is 0 Å². The molecule has 120 valence electrons. The average molecular weight is 320 g/mol. The second-order valence-corrected chi connectivity index (χ2v) is 5.37. The minimum atomic E-state index is -1.03. The van der Waals surface area contributed by atoms with Gasteiger partial charge in [0.1, 0.15) is 11.6 Å². The highest BCUT2D eigenvalue weighted by atomic mass is 16.4. The Morgan fingerprint density at radius 3 is 2.38 bits per heavy atom. The van der Waals surface area contributed by atoms with Crippen LogP contribution < -0.4 is 5.32 Å². The first kappa shape index (κ1) is 17.0. The molecule has 0 unspecified atom stereocenters. The molecule has 0 fully saturated rings. The zero-order chi connectivity index (χ0) is 17.7. The Morgan fingerprint density at radius 2 is 1.79 bits per heavy atom. The number of carboxylic acid groups (broad SMARTS) is 1. The fraction of sp³-hybridized carbons (Fsp3) is 0.105. The van der Waals surface area contributed by atoms with Crippen LogP contribution in [-0.2, 0) is 4.79 Å². The SMILES string of the molecule is Cc1ccc(C)c(NC(=O)C(C#N)=Cc2ccc(C(=O)O)cc2)c1. The number of carbonyl (C=O) groups excluding carboxylic acids is 1. The van der Waals surface area contributed by atoms with E-state index in [0.717, 1.165) is 11.1 Å². The summed E-state index contributed by atoms with van der Waals surface area (Å²) in [5.74, 6) is -1.53. The lowest BCUT2D eigenvalue weighted by molar-refractivity contribution is -0.112. The van der Waals surface area contributed by atoms with E-state index in [1.54, 1.807) is 12.1 Å². The van der Waals surface area contributed by atoms with Crippen molar-refractivity contribution < 1.29 is 14.7 Å². The van der Waals surface area contributed by atoms with E-state index in [1.807, 2.05) is 38.1 Å². The molecule has 5 nitrogen and oxygen atoms in total. The Morgan fingerprint density at radius 1 is 1.12 bits per heavy atom. The van der Waals surface area contributed by atoms with E-state index in [1.165, 1.54) is 18.2 Å². The summed E-state index contributed by atoms with van der Waals surface area (Å²) in [6, 6.07) is 13.5. The Bertz CT molecular complexity index is 859. The first-order chi connectivity index (χ1) is 11.4. The first-order valence-electron chi connectivity index (χ1n) is 7.24. The third-order valence-corrected chi connectivity index (χ3v) is 3.47. The van der Waals surface area contributed by atoms with E-state index < -0.39 is 11.9 Å². The summed E-state index contributed by atoms with van der Waals surface area (Å²) in [6.45, 7) is 3.79. The lowest BCUT2D eigenvalue weighted by Crippen LogP contribution is -2.14. The van der Waals surface area contributed by atoms with E-state index in [0.29, 0.717) is 11.3 Å².